The highest BCUT2D eigenvalue weighted by Crippen LogP contribution is 2.39. The topological polar surface area (TPSA) is 95.8 Å². The highest BCUT2D eigenvalue weighted by molar-refractivity contribution is 5.74. The van der Waals surface area contributed by atoms with Crippen molar-refractivity contribution in [2.75, 3.05) is 0 Å². The molecule has 9 rings (SSSR count). The minimum Gasteiger partial charge on any atom is -0.479 e. The quantitative estimate of drug-likeness (QED) is 0.177. The summed E-state index contributed by atoms with van der Waals surface area (Å²) in [4.78, 5) is 29.3. The van der Waals surface area contributed by atoms with Gasteiger partial charge in [-0.2, -0.15) is 0 Å². The second-order valence-electron chi connectivity index (χ2n) is 12.2. The number of rotatable bonds is 6. The summed E-state index contributed by atoms with van der Waals surface area (Å²) in [7, 11) is 0. The normalized spacial score (nSPS) is 19.1. The maximum Gasteiger partial charge on any atom is 0.164 e. The van der Waals surface area contributed by atoms with Crippen molar-refractivity contribution in [1.29, 1.82) is 0 Å². The van der Waals surface area contributed by atoms with E-state index in [2.05, 4.69) is 12.2 Å². The molecule has 0 N–H and O–H groups in total. The summed E-state index contributed by atoms with van der Waals surface area (Å²) < 4.78 is 13.1. The Kier molecular flexibility index (Phi) is 7.58. The minimum atomic E-state index is -0.349. The monoisotopic (exact) mass is 650 g/mol. The maximum absolute atomic E-state index is 6.56. The summed E-state index contributed by atoms with van der Waals surface area (Å²) in [5.74, 6) is 5.05. The van der Waals surface area contributed by atoms with Crippen molar-refractivity contribution in [2.45, 2.75) is 24.5 Å². The third-order valence-electron chi connectivity index (χ3n) is 8.82. The van der Waals surface area contributed by atoms with E-state index in [0.717, 1.165) is 27.8 Å². The lowest BCUT2D eigenvalue weighted by molar-refractivity contribution is -0.0238. The van der Waals surface area contributed by atoms with Gasteiger partial charge in [0, 0.05) is 33.7 Å². The van der Waals surface area contributed by atoms with Crippen LogP contribution in [-0.2, 0) is 9.47 Å². The molecule has 3 atom stereocenters. The van der Waals surface area contributed by atoms with Crippen LogP contribution in [0.4, 0.5) is 0 Å². The lowest BCUT2D eigenvalue weighted by Gasteiger charge is -2.36. The van der Waals surface area contributed by atoms with Crippen LogP contribution in [-0.4, -0.2) is 42.1 Å². The first kappa shape index (κ1) is 29.6. The predicted molar refractivity (Wildman–Crippen MR) is 192 cm³/mol. The zero-order valence-corrected chi connectivity index (χ0v) is 26.9. The lowest BCUT2D eigenvalue weighted by Crippen LogP contribution is -2.36. The summed E-state index contributed by atoms with van der Waals surface area (Å²) in [6, 6.07) is 39.9. The van der Waals surface area contributed by atoms with E-state index in [4.69, 9.17) is 39.4 Å². The molecule has 1 aliphatic heterocycles. The van der Waals surface area contributed by atoms with E-state index in [9.17, 15) is 0 Å². The Morgan fingerprint density at radius 2 is 0.880 bits per heavy atom. The molecule has 6 aromatic rings. The third kappa shape index (κ3) is 5.88. The van der Waals surface area contributed by atoms with Crippen molar-refractivity contribution < 1.29 is 9.47 Å². The van der Waals surface area contributed by atoms with Crippen LogP contribution in [0, 0.1) is 0 Å². The van der Waals surface area contributed by atoms with Crippen molar-refractivity contribution in [3.63, 3.8) is 0 Å². The number of hydrogen-bond donors (Lipinski definition) is 0. The summed E-state index contributed by atoms with van der Waals surface area (Å²) in [5, 5.41) is 0. The molecule has 0 spiro atoms. The van der Waals surface area contributed by atoms with Crippen LogP contribution in [0.1, 0.15) is 24.0 Å². The zero-order chi connectivity index (χ0) is 33.3. The Hall–Kier alpha value is -6.54. The van der Waals surface area contributed by atoms with E-state index < -0.39 is 0 Å². The molecule has 0 saturated carbocycles. The van der Waals surface area contributed by atoms with Crippen LogP contribution in [0.3, 0.4) is 0 Å². The molecule has 8 heteroatoms. The number of benzene rings is 4. The van der Waals surface area contributed by atoms with Gasteiger partial charge in [0.1, 0.15) is 5.82 Å². The smallest absolute Gasteiger partial charge is 0.164 e. The maximum atomic E-state index is 6.56. The van der Waals surface area contributed by atoms with Gasteiger partial charge in [0.2, 0.25) is 0 Å². The number of fused-ring (bicyclic) bond motifs is 2. The summed E-state index contributed by atoms with van der Waals surface area (Å²) in [6.07, 6.45) is 10.2. The Morgan fingerprint density at radius 1 is 0.440 bits per heavy atom. The van der Waals surface area contributed by atoms with E-state index in [1.54, 1.807) is 0 Å². The molecule has 2 aliphatic carbocycles. The zero-order valence-electron chi connectivity index (χ0n) is 26.9. The van der Waals surface area contributed by atoms with E-state index in [-0.39, 0.29) is 18.1 Å². The van der Waals surface area contributed by atoms with Gasteiger partial charge in [-0.15, -0.1) is 0 Å². The van der Waals surface area contributed by atoms with Gasteiger partial charge in [-0.1, -0.05) is 127 Å². The van der Waals surface area contributed by atoms with Gasteiger partial charge in [0.25, 0.3) is 0 Å². The van der Waals surface area contributed by atoms with Gasteiger partial charge in [0.05, 0.1) is 0 Å². The molecule has 8 nitrogen and oxygen atoms in total. The molecule has 0 amide bonds. The average Bonchev–Trinajstić information content (AvgIpc) is 3.20. The van der Waals surface area contributed by atoms with Crippen molar-refractivity contribution >= 4 is 5.57 Å². The third-order valence-corrected chi connectivity index (χ3v) is 8.82. The molecule has 3 aliphatic rings. The number of allylic oxidation sites excluding steroid dienone is 4. The van der Waals surface area contributed by atoms with E-state index >= 15 is 0 Å². The molecular weight excluding hydrogens is 621 g/mol. The number of hydrogen-bond acceptors (Lipinski definition) is 8. The van der Waals surface area contributed by atoms with Crippen LogP contribution in [0.15, 0.2) is 163 Å². The van der Waals surface area contributed by atoms with Crippen molar-refractivity contribution in [1.82, 2.24) is 29.9 Å². The second kappa shape index (κ2) is 12.8. The fourth-order valence-corrected chi connectivity index (χ4v) is 6.26. The number of nitrogens with zero attached hydrogens (tertiary/aromatic N) is 6. The Bertz CT molecular complexity index is 2190. The highest BCUT2D eigenvalue weighted by atomic mass is 16.6. The highest BCUT2D eigenvalue weighted by Gasteiger charge is 2.36. The molecule has 0 bridgehead atoms. The molecule has 3 unspecified atom stereocenters. The number of aromatic nitrogens is 6. The summed E-state index contributed by atoms with van der Waals surface area (Å²) in [5.41, 5.74) is 4.57. The SMILES string of the molecule is C1=CC2OC3=CC(c4nc(-c5ccccc5)nc(-c5ccccc5)n4)CC=C3OC2C=C1c1nc(-c2ccccc2)nc(-c2ccccc2)n1. The molecule has 2 aromatic heterocycles. The molecule has 1 fully saturated rings. The molecule has 0 radical (unpaired) electrons. The summed E-state index contributed by atoms with van der Waals surface area (Å²) in [6.45, 7) is 0. The van der Waals surface area contributed by atoms with E-state index in [1.807, 2.05) is 140 Å². The first-order valence-corrected chi connectivity index (χ1v) is 16.6. The van der Waals surface area contributed by atoms with Crippen molar-refractivity contribution in [2.24, 2.45) is 0 Å². The largest absolute Gasteiger partial charge is 0.479 e. The minimum absolute atomic E-state index is 0.112. The van der Waals surface area contributed by atoms with Crippen LogP contribution < -0.4 is 0 Å². The van der Waals surface area contributed by atoms with Gasteiger partial charge in [-0.05, 0) is 30.7 Å². The van der Waals surface area contributed by atoms with Gasteiger partial charge in [-0.3, -0.25) is 0 Å². The average molecular weight is 651 g/mol. The van der Waals surface area contributed by atoms with Crippen molar-refractivity contribution in [3.8, 4) is 45.6 Å². The van der Waals surface area contributed by atoms with Gasteiger partial charge < -0.3 is 9.47 Å². The van der Waals surface area contributed by atoms with E-state index in [0.29, 0.717) is 52.9 Å². The predicted octanol–water partition coefficient (Wildman–Crippen LogP) is 8.42. The van der Waals surface area contributed by atoms with Gasteiger partial charge in [0.15, 0.2) is 52.8 Å². The standard InChI is InChI=1S/C42H30N6O2/c1-5-13-27(14-6-1)37-43-38(28-15-7-2-8-16-28)46-41(45-37)31-21-23-33-35(25-31)49-34-24-22-32(26-36(34)50-33)42-47-39(29-17-9-3-10-18-29)44-40(48-42)30-19-11-4-12-20-30/h1-21,23-26,32-33,35H,22H2. The van der Waals surface area contributed by atoms with Crippen LogP contribution in [0.5, 0.6) is 0 Å². The molecule has 50 heavy (non-hydrogen) atoms. The number of ether oxygens (including phenoxy) is 2. The molecule has 3 heterocycles. The Labute approximate surface area is 289 Å². The van der Waals surface area contributed by atoms with Crippen LogP contribution in [0.25, 0.3) is 51.1 Å². The Balaban J connectivity index is 1.01. The Morgan fingerprint density at radius 3 is 1.38 bits per heavy atom. The van der Waals surface area contributed by atoms with Crippen LogP contribution >= 0.6 is 0 Å². The first-order valence-electron chi connectivity index (χ1n) is 16.6. The van der Waals surface area contributed by atoms with Crippen molar-refractivity contribution in [3.05, 3.63) is 175 Å². The van der Waals surface area contributed by atoms with E-state index in [1.165, 1.54) is 0 Å². The summed E-state index contributed by atoms with van der Waals surface area (Å²) >= 11 is 0. The lowest BCUT2D eigenvalue weighted by atomic mass is 9.95. The first-order chi connectivity index (χ1) is 24.7. The molecule has 1 saturated heterocycles. The molecular formula is C42H30N6O2. The second-order valence-corrected chi connectivity index (χ2v) is 12.2. The van der Waals surface area contributed by atoms with Gasteiger partial charge >= 0.3 is 0 Å². The fraction of sp³-hybridized carbons (Fsp3) is 0.0952. The van der Waals surface area contributed by atoms with Gasteiger partial charge in [-0.25, -0.2) is 29.9 Å². The fourth-order valence-electron chi connectivity index (χ4n) is 6.26. The van der Waals surface area contributed by atoms with Crippen LogP contribution in [0.2, 0.25) is 0 Å². The molecule has 240 valence electrons. The molecule has 4 aromatic carbocycles.